The molecular weight excluding hydrogens is 374 g/mol. The molecule has 0 radical (unpaired) electrons. The second kappa shape index (κ2) is 6.27. The van der Waals surface area contributed by atoms with E-state index >= 15 is 0 Å². The Morgan fingerprint density at radius 2 is 2.00 bits per heavy atom. The molecule has 1 saturated carbocycles. The molecule has 0 amide bonds. The zero-order valence-corrected chi connectivity index (χ0v) is 14.0. The first-order chi connectivity index (χ1) is 8.99. The van der Waals surface area contributed by atoms with Gasteiger partial charge in [-0.3, -0.25) is 0 Å². The number of hydrogen-bond acceptors (Lipinski definition) is 3. The van der Waals surface area contributed by atoms with Crippen molar-refractivity contribution < 1.29 is 9.53 Å². The molecule has 0 aliphatic heterocycles. The van der Waals surface area contributed by atoms with Crippen LogP contribution in [-0.4, -0.2) is 12.1 Å². The van der Waals surface area contributed by atoms with Crippen LogP contribution in [0.4, 0.5) is 5.69 Å². The fourth-order valence-corrected chi connectivity index (χ4v) is 3.64. The number of esters is 1. The van der Waals surface area contributed by atoms with Crippen molar-refractivity contribution in [2.45, 2.75) is 38.7 Å². The molecule has 5 heteroatoms. The number of nitrogen functional groups attached to an aromatic ring is 1. The van der Waals surface area contributed by atoms with Gasteiger partial charge in [0.25, 0.3) is 0 Å². The molecule has 2 atom stereocenters. The smallest absolute Gasteiger partial charge is 0.340 e. The summed E-state index contributed by atoms with van der Waals surface area (Å²) in [7, 11) is 0. The van der Waals surface area contributed by atoms with Gasteiger partial charge in [0.1, 0.15) is 6.10 Å². The summed E-state index contributed by atoms with van der Waals surface area (Å²) in [6.07, 6.45) is 4.43. The third-order valence-electron chi connectivity index (χ3n) is 3.61. The molecule has 104 valence electrons. The highest BCUT2D eigenvalue weighted by Crippen LogP contribution is 2.31. The number of ether oxygens (including phenoxy) is 1. The number of carbonyl (C=O) groups excluding carboxylic acids is 1. The average Bonchev–Trinajstić information content (AvgIpc) is 2.36. The SMILES string of the molecule is CC1CCCCC1OC(=O)c1cc(Br)cc(Br)c1N. The third-order valence-corrected chi connectivity index (χ3v) is 4.72. The minimum Gasteiger partial charge on any atom is -0.458 e. The van der Waals surface area contributed by atoms with Crippen molar-refractivity contribution in [2.75, 3.05) is 5.73 Å². The zero-order valence-electron chi connectivity index (χ0n) is 10.8. The van der Waals surface area contributed by atoms with Crippen LogP contribution in [0.15, 0.2) is 21.1 Å². The van der Waals surface area contributed by atoms with Crippen LogP contribution in [-0.2, 0) is 4.74 Å². The van der Waals surface area contributed by atoms with Crippen LogP contribution in [0, 0.1) is 5.92 Å². The number of anilines is 1. The van der Waals surface area contributed by atoms with Crippen molar-refractivity contribution in [1.82, 2.24) is 0 Å². The molecule has 0 bridgehead atoms. The van der Waals surface area contributed by atoms with E-state index in [2.05, 4.69) is 38.8 Å². The number of rotatable bonds is 2. The van der Waals surface area contributed by atoms with Gasteiger partial charge < -0.3 is 10.5 Å². The Hall–Kier alpha value is -0.550. The molecule has 3 nitrogen and oxygen atoms in total. The number of halogens is 2. The van der Waals surface area contributed by atoms with E-state index < -0.39 is 0 Å². The normalized spacial score (nSPS) is 23.1. The molecule has 0 spiro atoms. The highest BCUT2D eigenvalue weighted by Gasteiger charge is 2.26. The van der Waals surface area contributed by atoms with Crippen LogP contribution < -0.4 is 5.73 Å². The molecule has 1 aromatic rings. The van der Waals surface area contributed by atoms with Crippen LogP contribution in [0.3, 0.4) is 0 Å². The lowest BCUT2D eigenvalue weighted by atomic mass is 9.88. The summed E-state index contributed by atoms with van der Waals surface area (Å²) in [4.78, 5) is 12.2. The molecule has 0 heterocycles. The van der Waals surface area contributed by atoms with E-state index in [1.54, 1.807) is 6.07 Å². The van der Waals surface area contributed by atoms with E-state index in [-0.39, 0.29) is 12.1 Å². The fourth-order valence-electron chi connectivity index (χ4n) is 2.41. The van der Waals surface area contributed by atoms with Gasteiger partial charge in [-0.2, -0.15) is 0 Å². The van der Waals surface area contributed by atoms with Gasteiger partial charge in [-0.25, -0.2) is 4.79 Å². The topological polar surface area (TPSA) is 52.3 Å². The summed E-state index contributed by atoms with van der Waals surface area (Å²) in [6, 6.07) is 3.52. The third kappa shape index (κ3) is 3.51. The monoisotopic (exact) mass is 389 g/mol. The van der Waals surface area contributed by atoms with Crippen LogP contribution in [0.5, 0.6) is 0 Å². The van der Waals surface area contributed by atoms with Crippen LogP contribution in [0.1, 0.15) is 43.0 Å². The maximum atomic E-state index is 12.2. The maximum Gasteiger partial charge on any atom is 0.340 e. The maximum absolute atomic E-state index is 12.2. The van der Waals surface area contributed by atoms with Gasteiger partial charge in [-0.15, -0.1) is 0 Å². The van der Waals surface area contributed by atoms with Crippen LogP contribution >= 0.6 is 31.9 Å². The predicted molar refractivity (Wildman–Crippen MR) is 83.1 cm³/mol. The van der Waals surface area contributed by atoms with Crippen LogP contribution in [0.25, 0.3) is 0 Å². The van der Waals surface area contributed by atoms with E-state index in [0.717, 1.165) is 23.7 Å². The average molecular weight is 391 g/mol. The highest BCUT2D eigenvalue weighted by molar-refractivity contribution is 9.11. The largest absolute Gasteiger partial charge is 0.458 e. The molecule has 2 N–H and O–H groups in total. The molecule has 1 aliphatic carbocycles. The summed E-state index contributed by atoms with van der Waals surface area (Å²) in [5.74, 6) is 0.0905. The predicted octanol–water partition coefficient (Wildman–Crippen LogP) is 4.53. The van der Waals surface area contributed by atoms with E-state index in [0.29, 0.717) is 21.6 Å². The van der Waals surface area contributed by atoms with Gasteiger partial charge in [-0.1, -0.05) is 29.3 Å². The summed E-state index contributed by atoms with van der Waals surface area (Å²) in [5.41, 5.74) is 6.77. The van der Waals surface area contributed by atoms with E-state index in [9.17, 15) is 4.79 Å². The molecule has 19 heavy (non-hydrogen) atoms. The molecule has 0 aromatic heterocycles. The molecule has 0 saturated heterocycles. The highest BCUT2D eigenvalue weighted by atomic mass is 79.9. The lowest BCUT2D eigenvalue weighted by molar-refractivity contribution is 0.00492. The van der Waals surface area contributed by atoms with Gasteiger partial charge >= 0.3 is 5.97 Å². The zero-order chi connectivity index (χ0) is 14.0. The van der Waals surface area contributed by atoms with E-state index in [1.807, 2.05) is 6.07 Å². The Bertz CT molecular complexity index is 491. The lowest BCUT2D eigenvalue weighted by Crippen LogP contribution is -2.28. The quantitative estimate of drug-likeness (QED) is 0.596. The number of benzene rings is 1. The van der Waals surface area contributed by atoms with Crippen molar-refractivity contribution >= 4 is 43.5 Å². The molecule has 2 unspecified atom stereocenters. The van der Waals surface area contributed by atoms with Gasteiger partial charge in [0.05, 0.1) is 11.3 Å². The Labute approximate surface area is 130 Å². The second-order valence-corrected chi connectivity index (χ2v) is 6.82. The molecular formula is C14H17Br2NO2. The van der Waals surface area contributed by atoms with Gasteiger partial charge in [0.15, 0.2) is 0 Å². The Morgan fingerprint density at radius 3 is 2.68 bits per heavy atom. The van der Waals surface area contributed by atoms with Crippen LogP contribution in [0.2, 0.25) is 0 Å². The molecule has 1 fully saturated rings. The first kappa shape index (κ1) is 14.9. The Kier molecular flexibility index (Phi) is 4.90. The Balaban J connectivity index is 2.15. The lowest BCUT2D eigenvalue weighted by Gasteiger charge is -2.28. The summed E-state index contributed by atoms with van der Waals surface area (Å²) < 4.78 is 7.12. The first-order valence-corrected chi connectivity index (χ1v) is 8.03. The summed E-state index contributed by atoms with van der Waals surface area (Å²) in [5, 5.41) is 0. The standard InChI is InChI=1S/C14H17Br2NO2/c1-8-4-2-3-5-12(8)19-14(18)10-6-9(15)7-11(16)13(10)17/h6-8,12H,2-5,17H2,1H3. The van der Waals surface area contributed by atoms with Crippen molar-refractivity contribution in [3.05, 3.63) is 26.6 Å². The van der Waals surface area contributed by atoms with Gasteiger partial charge in [0, 0.05) is 8.95 Å². The number of carbonyl (C=O) groups is 1. The summed E-state index contributed by atoms with van der Waals surface area (Å²) in [6.45, 7) is 2.14. The van der Waals surface area contributed by atoms with Crippen molar-refractivity contribution in [3.63, 3.8) is 0 Å². The first-order valence-electron chi connectivity index (χ1n) is 6.44. The van der Waals surface area contributed by atoms with Crippen molar-refractivity contribution in [2.24, 2.45) is 5.92 Å². The van der Waals surface area contributed by atoms with Crippen molar-refractivity contribution in [1.29, 1.82) is 0 Å². The Morgan fingerprint density at radius 1 is 1.32 bits per heavy atom. The second-order valence-electron chi connectivity index (χ2n) is 5.05. The molecule has 1 aliphatic rings. The van der Waals surface area contributed by atoms with Gasteiger partial charge in [0.2, 0.25) is 0 Å². The van der Waals surface area contributed by atoms with E-state index in [4.69, 9.17) is 10.5 Å². The fraction of sp³-hybridized carbons (Fsp3) is 0.500. The van der Waals surface area contributed by atoms with E-state index in [1.165, 1.54) is 6.42 Å². The minimum absolute atomic E-state index is 0.0124. The van der Waals surface area contributed by atoms with Crippen molar-refractivity contribution in [3.8, 4) is 0 Å². The minimum atomic E-state index is -0.335. The number of nitrogens with two attached hydrogens (primary N) is 1. The number of hydrogen-bond donors (Lipinski definition) is 1. The molecule has 2 rings (SSSR count). The summed E-state index contributed by atoms with van der Waals surface area (Å²) >= 11 is 6.70. The molecule has 1 aromatic carbocycles. The van der Waals surface area contributed by atoms with Gasteiger partial charge in [-0.05, 0) is 53.2 Å².